The third-order valence-electron chi connectivity index (χ3n) is 13.7. The fourth-order valence-electron chi connectivity index (χ4n) is 8.88. The van der Waals surface area contributed by atoms with E-state index in [4.69, 9.17) is 51.6 Å². The van der Waals surface area contributed by atoms with E-state index in [-0.39, 0.29) is 140 Å². The summed E-state index contributed by atoms with van der Waals surface area (Å²) in [6.45, 7) is -0.714. The summed E-state index contributed by atoms with van der Waals surface area (Å²) in [7, 11) is 0. The molecule has 37 nitrogen and oxygen atoms in total. The molecule has 3 rings (SSSR count). The summed E-state index contributed by atoms with van der Waals surface area (Å²) >= 11 is 0. The molecule has 0 aliphatic rings. The number of rotatable bonds is 45. The van der Waals surface area contributed by atoms with Crippen LogP contribution in [0.15, 0.2) is 64.3 Å². The highest BCUT2D eigenvalue weighted by Gasteiger charge is 2.35. The predicted molar refractivity (Wildman–Crippen MR) is 337 cm³/mol. The number of amides is 9. The first kappa shape index (κ1) is 76.1. The number of carboxylic acids is 1. The van der Waals surface area contributed by atoms with E-state index in [1.165, 1.54) is 49.3 Å². The number of hydrogen-bond donors (Lipinski definition) is 22. The molecule has 3 aromatic rings. The molecular weight excluding hydrogens is 1200 g/mol. The van der Waals surface area contributed by atoms with Crippen LogP contribution >= 0.6 is 0 Å². The Hall–Kier alpha value is -10.2. The van der Waals surface area contributed by atoms with Crippen molar-refractivity contribution in [2.75, 3.05) is 45.8 Å². The van der Waals surface area contributed by atoms with Gasteiger partial charge >= 0.3 is 5.97 Å². The van der Waals surface area contributed by atoms with Crippen LogP contribution in [0.3, 0.4) is 0 Å². The number of nitrogens with one attached hydrogen (secondary N) is 11. The second-order valence-electron chi connectivity index (χ2n) is 21.3. The zero-order valence-electron chi connectivity index (χ0n) is 51.2. The van der Waals surface area contributed by atoms with Gasteiger partial charge in [-0.05, 0) is 108 Å². The summed E-state index contributed by atoms with van der Waals surface area (Å²) in [5, 5.41) is 43.1. The topological polar surface area (TPSA) is 648 Å². The summed E-state index contributed by atoms with van der Waals surface area (Å²) in [5.41, 5.74) is 52.0. The van der Waals surface area contributed by atoms with Gasteiger partial charge in [0.1, 0.15) is 48.0 Å². The molecule has 0 radical (unpaired) electrons. The third kappa shape index (κ3) is 30.8. The van der Waals surface area contributed by atoms with E-state index in [0.29, 0.717) is 29.8 Å². The largest absolute Gasteiger partial charge is 0.508 e. The molecule has 0 fully saturated rings. The van der Waals surface area contributed by atoms with Crippen molar-refractivity contribution in [1.82, 2.24) is 67.8 Å². The smallest absolute Gasteiger partial charge is 0.326 e. The summed E-state index contributed by atoms with van der Waals surface area (Å²) in [6.07, 6.45) is 6.58. The summed E-state index contributed by atoms with van der Waals surface area (Å²) in [6, 6.07) is -5.34. The number of aromatic hydroxyl groups is 1. The molecule has 0 aliphatic carbocycles. The molecule has 0 unspecified atom stereocenters. The number of carboxylic acid groups (broad SMARTS) is 1. The fourth-order valence-corrected chi connectivity index (χ4v) is 8.88. The normalized spacial score (nSPS) is 13.5. The zero-order chi connectivity index (χ0) is 68.0. The number of carbonyl (C=O) groups excluding carboxylic acids is 9. The molecule has 1 aromatic carbocycles. The number of carbonyl (C=O) groups is 10. The number of H-pyrrole nitrogens is 2. The average molecular weight is 1290 g/mol. The van der Waals surface area contributed by atoms with Crippen LogP contribution in [0.25, 0.3) is 0 Å². The maximum Gasteiger partial charge on any atom is 0.326 e. The van der Waals surface area contributed by atoms with Gasteiger partial charge in [-0.25, -0.2) is 14.8 Å². The molecule has 92 heavy (non-hydrogen) atoms. The van der Waals surface area contributed by atoms with Crippen molar-refractivity contribution in [3.63, 3.8) is 0 Å². The fraction of sp³-hybridized carbons (Fsp3) is 0.545. The molecule has 8 atom stereocenters. The van der Waals surface area contributed by atoms with Gasteiger partial charge in [-0.2, -0.15) is 0 Å². The molecular formula is C55H91N25O12. The highest BCUT2D eigenvalue weighted by Crippen LogP contribution is 2.14. The summed E-state index contributed by atoms with van der Waals surface area (Å²) in [5.74, 6) is -9.77. The first-order valence-corrected chi connectivity index (χ1v) is 29.8. The number of aromatic amines is 2. The number of aliphatic imine (C=N–C) groups is 3. The van der Waals surface area contributed by atoms with Gasteiger partial charge in [0.25, 0.3) is 0 Å². The van der Waals surface area contributed by atoms with Crippen LogP contribution in [0.2, 0.25) is 0 Å². The van der Waals surface area contributed by atoms with Crippen molar-refractivity contribution in [3.8, 4) is 5.75 Å². The Labute approximate surface area is 530 Å². The number of benzene rings is 1. The lowest BCUT2D eigenvalue weighted by Crippen LogP contribution is -2.60. The molecule has 37 heteroatoms. The quantitative estimate of drug-likeness (QED) is 0.0142. The number of hydrogen-bond acceptors (Lipinski definition) is 19. The maximum atomic E-state index is 14.6. The van der Waals surface area contributed by atoms with Gasteiger partial charge in [-0.3, -0.25) is 58.1 Å². The van der Waals surface area contributed by atoms with Gasteiger partial charge in [0, 0.05) is 62.7 Å². The highest BCUT2D eigenvalue weighted by atomic mass is 16.4. The lowest BCUT2D eigenvalue weighted by atomic mass is 10.0. The van der Waals surface area contributed by atoms with Crippen LogP contribution in [-0.4, -0.2) is 201 Å². The number of imidazole rings is 2. The standard InChI is InChI=1S/C55H91N25O12/c56-17-3-1-8-37(77-51(90)42(24-33-26-66-30-73-33)80-46(85)36(10-5-19-67-53(59)60)74-44(83)28-70-43(82)27-71-45(84)35(58)23-32-25-65-29-72-32)47(86)76-39(11-6-20-68-54(61)62)48(87)75-38(9-2-4-18-57)49(88)79-41(22-31-13-15-34(81)16-14-31)50(89)78-40(52(91)92)12-7-21-69-55(63)64/h13-16,25-26,29-30,35-42,81H,1-12,17-24,27-28,56-58H2,(H,65,72)(H,66,73)(H,70,82)(H,71,84)(H,74,83)(H,75,87)(H,76,86)(H,77,90)(H,78,89)(H,79,88)(H,80,85)(H,91,92)(H4,59,60,67)(H4,61,62,68)(H4,63,64,69)/t35-,36-,37-,38-,39-,40-,41-,42-/m0/s1. The van der Waals surface area contributed by atoms with Crippen LogP contribution in [0, 0.1) is 0 Å². The maximum absolute atomic E-state index is 14.6. The van der Waals surface area contributed by atoms with Gasteiger partial charge in [0.05, 0.1) is 31.8 Å². The van der Waals surface area contributed by atoms with Crippen LogP contribution in [0.5, 0.6) is 5.75 Å². The molecule has 9 amide bonds. The minimum Gasteiger partial charge on any atom is -0.508 e. The first-order chi connectivity index (χ1) is 43.9. The van der Waals surface area contributed by atoms with E-state index in [1.807, 2.05) is 0 Å². The molecule has 31 N–H and O–H groups in total. The number of nitrogens with zero attached hydrogens (tertiary/aromatic N) is 5. The van der Waals surface area contributed by atoms with Gasteiger partial charge < -0.3 is 120 Å². The van der Waals surface area contributed by atoms with Gasteiger partial charge in [0.2, 0.25) is 53.2 Å². The Bertz CT molecular complexity index is 2900. The van der Waals surface area contributed by atoms with Crippen LogP contribution in [0.4, 0.5) is 0 Å². The minimum atomic E-state index is -1.48. The molecule has 0 spiro atoms. The van der Waals surface area contributed by atoms with E-state index in [0.717, 1.165) is 0 Å². The van der Waals surface area contributed by atoms with E-state index in [1.54, 1.807) is 0 Å². The summed E-state index contributed by atoms with van der Waals surface area (Å²) in [4.78, 5) is 163. The molecule has 0 saturated heterocycles. The SMILES string of the molecule is NCCCC[C@H](NC(=O)[C@H](CCCN=C(N)N)NC(=O)[C@H](CCCCN)NC(=O)[C@H](Cc1cnc[nH]1)NC(=O)[C@H](CCCN=C(N)N)NC(=O)CNC(=O)CNC(=O)[C@@H](N)Cc1cnc[nH]1)C(=O)N[C@@H](Cc1ccc(O)cc1)C(=O)N[C@@H](CCCN=C(N)N)C(=O)O. The molecule has 2 heterocycles. The average Bonchev–Trinajstić information content (AvgIpc) is 1.31. The van der Waals surface area contributed by atoms with Crippen molar-refractivity contribution in [2.45, 2.75) is 145 Å². The van der Waals surface area contributed by atoms with Gasteiger partial charge in [-0.15, -0.1) is 0 Å². The number of phenolic OH excluding ortho intramolecular Hbond substituents is 1. The molecule has 0 saturated carbocycles. The predicted octanol–water partition coefficient (Wildman–Crippen LogP) is -7.68. The van der Waals surface area contributed by atoms with Gasteiger partial charge in [-0.1, -0.05) is 12.1 Å². The lowest BCUT2D eigenvalue weighted by Gasteiger charge is -2.28. The van der Waals surface area contributed by atoms with Crippen molar-refractivity contribution >= 4 is 77.0 Å². The van der Waals surface area contributed by atoms with E-state index in [9.17, 15) is 58.2 Å². The molecule has 0 bridgehead atoms. The Kier molecular flexibility index (Phi) is 34.7. The number of aliphatic carboxylic acids is 1. The Morgan fingerprint density at radius 1 is 0.446 bits per heavy atom. The number of nitrogens with two attached hydrogens (primary N) is 9. The second-order valence-corrected chi connectivity index (χ2v) is 21.3. The van der Waals surface area contributed by atoms with Gasteiger partial charge in [0.15, 0.2) is 17.9 Å². The summed E-state index contributed by atoms with van der Waals surface area (Å²) < 4.78 is 0. The van der Waals surface area contributed by atoms with Crippen molar-refractivity contribution in [3.05, 3.63) is 66.3 Å². The highest BCUT2D eigenvalue weighted by molar-refractivity contribution is 5.98. The van der Waals surface area contributed by atoms with E-state index >= 15 is 0 Å². The number of unbranched alkanes of at least 4 members (excludes halogenated alkanes) is 2. The molecule has 2 aromatic heterocycles. The minimum absolute atomic E-state index is 0.0123. The Morgan fingerprint density at radius 2 is 0.815 bits per heavy atom. The number of phenols is 1. The van der Waals surface area contributed by atoms with E-state index < -0.39 is 121 Å². The van der Waals surface area contributed by atoms with Crippen molar-refractivity contribution in [1.29, 1.82) is 0 Å². The van der Waals surface area contributed by atoms with Crippen LogP contribution in [0.1, 0.15) is 94.0 Å². The molecule has 508 valence electrons. The lowest BCUT2D eigenvalue weighted by molar-refractivity contribution is -0.142. The molecule has 0 aliphatic heterocycles. The first-order valence-electron chi connectivity index (χ1n) is 29.8. The van der Waals surface area contributed by atoms with Crippen molar-refractivity contribution in [2.24, 2.45) is 66.6 Å². The third-order valence-corrected chi connectivity index (χ3v) is 13.7. The van der Waals surface area contributed by atoms with E-state index in [2.05, 4.69) is 82.8 Å². The number of aromatic nitrogens is 4. The van der Waals surface area contributed by atoms with Crippen LogP contribution in [-0.2, 0) is 67.2 Å². The Morgan fingerprint density at radius 3 is 1.23 bits per heavy atom. The van der Waals surface area contributed by atoms with Crippen LogP contribution < -0.4 is 99.5 Å². The van der Waals surface area contributed by atoms with Crippen molar-refractivity contribution < 1.29 is 58.2 Å². The number of guanidine groups is 3. The second kappa shape index (κ2) is 41.9. The zero-order valence-corrected chi connectivity index (χ0v) is 51.2. The monoisotopic (exact) mass is 1290 g/mol. The Balaban J connectivity index is 1.92.